The lowest BCUT2D eigenvalue weighted by Gasteiger charge is -2.11. The van der Waals surface area contributed by atoms with Gasteiger partial charge in [-0.1, -0.05) is 42.5 Å². The molecule has 150 valence electrons. The molecule has 0 saturated heterocycles. The van der Waals surface area contributed by atoms with Crippen LogP contribution in [0.15, 0.2) is 87.9 Å². The summed E-state index contributed by atoms with van der Waals surface area (Å²) in [5.74, 6) is 0.122. The molecule has 0 bridgehead atoms. The highest BCUT2D eigenvalue weighted by atomic mass is 79.9. The van der Waals surface area contributed by atoms with Crippen molar-refractivity contribution in [1.82, 2.24) is 0 Å². The summed E-state index contributed by atoms with van der Waals surface area (Å²) in [5, 5.41) is 5.79. The first kappa shape index (κ1) is 20.0. The zero-order valence-electron chi connectivity index (χ0n) is 16.2. The Balaban J connectivity index is 1.52. The third kappa shape index (κ3) is 4.19. The number of carbonyl (C=O) groups is 1. The molecule has 1 aliphatic rings. The van der Waals surface area contributed by atoms with Gasteiger partial charge in [0.15, 0.2) is 0 Å². The molecular weight excluding hydrogens is 447 g/mol. The molecule has 0 fully saturated rings. The number of para-hydroxylation sites is 1. The summed E-state index contributed by atoms with van der Waals surface area (Å²) in [7, 11) is 0. The fourth-order valence-corrected chi connectivity index (χ4v) is 3.60. The lowest BCUT2D eigenvalue weighted by atomic mass is 10.1. The predicted octanol–water partition coefficient (Wildman–Crippen LogP) is 5.97. The van der Waals surface area contributed by atoms with Gasteiger partial charge in [0.2, 0.25) is 0 Å². The Hall–Kier alpha value is -3.25. The smallest absolute Gasteiger partial charge is 0.280 e. The first-order chi connectivity index (χ1) is 14.5. The Morgan fingerprint density at radius 1 is 1.07 bits per heavy atom. The number of hydrazone groups is 1. The molecule has 0 aliphatic carbocycles. The molecule has 0 spiro atoms. The molecule has 6 heteroatoms. The van der Waals surface area contributed by atoms with E-state index in [0.29, 0.717) is 27.1 Å². The Labute approximate surface area is 182 Å². The molecule has 0 saturated carbocycles. The highest BCUT2D eigenvalue weighted by Crippen LogP contribution is 2.30. The number of amides is 1. The van der Waals surface area contributed by atoms with Gasteiger partial charge in [0.25, 0.3) is 5.91 Å². The summed E-state index contributed by atoms with van der Waals surface area (Å²) >= 11 is 3.49. The SMILES string of the molecule is CC1=NN(c2ccccc2)C(=O)/C1=C\c1ccc(OCc2ccccc2F)c(Br)c1. The van der Waals surface area contributed by atoms with E-state index in [-0.39, 0.29) is 18.3 Å². The summed E-state index contributed by atoms with van der Waals surface area (Å²) in [5.41, 5.74) is 3.22. The summed E-state index contributed by atoms with van der Waals surface area (Å²) in [6.45, 7) is 1.94. The second kappa shape index (κ2) is 8.63. The van der Waals surface area contributed by atoms with Crippen molar-refractivity contribution >= 4 is 39.3 Å². The van der Waals surface area contributed by atoms with E-state index in [2.05, 4.69) is 21.0 Å². The van der Waals surface area contributed by atoms with Crippen molar-refractivity contribution < 1.29 is 13.9 Å². The maximum absolute atomic E-state index is 13.8. The maximum Gasteiger partial charge on any atom is 0.280 e. The second-order valence-electron chi connectivity index (χ2n) is 6.77. The number of carbonyl (C=O) groups excluding carboxylic acids is 1. The number of benzene rings is 3. The lowest BCUT2D eigenvalue weighted by Crippen LogP contribution is -2.21. The van der Waals surface area contributed by atoms with Crippen molar-refractivity contribution in [3.63, 3.8) is 0 Å². The minimum Gasteiger partial charge on any atom is -0.488 e. The Morgan fingerprint density at radius 3 is 2.53 bits per heavy atom. The Kier molecular flexibility index (Phi) is 5.77. The molecule has 4 rings (SSSR count). The highest BCUT2D eigenvalue weighted by molar-refractivity contribution is 9.10. The number of nitrogens with zero attached hydrogens (tertiary/aromatic N) is 2. The van der Waals surface area contributed by atoms with E-state index in [1.165, 1.54) is 11.1 Å². The van der Waals surface area contributed by atoms with Gasteiger partial charge in [-0.2, -0.15) is 10.1 Å². The number of anilines is 1. The molecule has 1 amide bonds. The van der Waals surface area contributed by atoms with Crippen LogP contribution in [0.4, 0.5) is 10.1 Å². The average Bonchev–Trinajstić information content (AvgIpc) is 3.03. The van der Waals surface area contributed by atoms with Crippen LogP contribution >= 0.6 is 15.9 Å². The van der Waals surface area contributed by atoms with Crippen LogP contribution in [0.1, 0.15) is 18.1 Å². The standard InChI is InChI=1S/C24H18BrFN2O2/c1-16-20(24(29)28(27-16)19-8-3-2-4-9-19)13-17-11-12-23(21(25)14-17)30-15-18-7-5-6-10-22(18)26/h2-14H,15H2,1H3/b20-13-. The van der Waals surface area contributed by atoms with Gasteiger partial charge in [0, 0.05) is 5.56 Å². The van der Waals surface area contributed by atoms with Crippen LogP contribution in [-0.2, 0) is 11.4 Å². The van der Waals surface area contributed by atoms with Crippen LogP contribution in [0.3, 0.4) is 0 Å². The van der Waals surface area contributed by atoms with Crippen molar-refractivity contribution in [1.29, 1.82) is 0 Å². The number of hydrogen-bond acceptors (Lipinski definition) is 3. The van der Waals surface area contributed by atoms with Crippen LogP contribution in [0, 0.1) is 5.82 Å². The monoisotopic (exact) mass is 464 g/mol. The molecule has 3 aromatic carbocycles. The van der Waals surface area contributed by atoms with E-state index < -0.39 is 0 Å². The third-order valence-corrected chi connectivity index (χ3v) is 5.29. The Bertz CT molecular complexity index is 1160. The predicted molar refractivity (Wildman–Crippen MR) is 120 cm³/mol. The van der Waals surface area contributed by atoms with E-state index in [9.17, 15) is 9.18 Å². The summed E-state index contributed by atoms with van der Waals surface area (Å²) < 4.78 is 20.2. The Morgan fingerprint density at radius 2 is 1.80 bits per heavy atom. The molecule has 0 aromatic heterocycles. The molecule has 1 aliphatic heterocycles. The normalized spacial score (nSPS) is 14.9. The lowest BCUT2D eigenvalue weighted by molar-refractivity contribution is -0.114. The molecule has 1 heterocycles. The third-order valence-electron chi connectivity index (χ3n) is 4.67. The van der Waals surface area contributed by atoms with Crippen molar-refractivity contribution in [2.45, 2.75) is 13.5 Å². The highest BCUT2D eigenvalue weighted by Gasteiger charge is 2.28. The second-order valence-corrected chi connectivity index (χ2v) is 7.62. The molecule has 0 unspecified atom stereocenters. The van der Waals surface area contributed by atoms with E-state index in [1.54, 1.807) is 30.3 Å². The number of halogens is 2. The quantitative estimate of drug-likeness (QED) is 0.436. The van der Waals surface area contributed by atoms with Gasteiger partial charge in [0.1, 0.15) is 18.2 Å². The topological polar surface area (TPSA) is 41.9 Å². The van der Waals surface area contributed by atoms with Crippen molar-refractivity contribution in [2.24, 2.45) is 5.10 Å². The van der Waals surface area contributed by atoms with Gasteiger partial charge < -0.3 is 4.74 Å². The summed E-state index contributed by atoms with van der Waals surface area (Å²) in [6.07, 6.45) is 1.80. The van der Waals surface area contributed by atoms with Crippen LogP contribution in [0.5, 0.6) is 5.75 Å². The number of hydrogen-bond donors (Lipinski definition) is 0. The van der Waals surface area contributed by atoms with Crippen molar-refractivity contribution in [3.8, 4) is 5.75 Å². The van der Waals surface area contributed by atoms with E-state index in [1.807, 2.05) is 49.4 Å². The maximum atomic E-state index is 13.8. The molecule has 3 aromatic rings. The van der Waals surface area contributed by atoms with Gasteiger partial charge in [-0.05, 0) is 64.8 Å². The van der Waals surface area contributed by atoms with Crippen LogP contribution in [0.25, 0.3) is 6.08 Å². The molecule has 4 nitrogen and oxygen atoms in total. The summed E-state index contributed by atoms with van der Waals surface area (Å²) in [6, 6.07) is 21.3. The largest absolute Gasteiger partial charge is 0.488 e. The fraction of sp³-hybridized carbons (Fsp3) is 0.0833. The van der Waals surface area contributed by atoms with Crippen LogP contribution in [0.2, 0.25) is 0 Å². The van der Waals surface area contributed by atoms with Gasteiger partial charge in [-0.15, -0.1) is 0 Å². The molecule has 0 N–H and O–H groups in total. The molecular formula is C24H18BrFN2O2. The van der Waals surface area contributed by atoms with Crippen molar-refractivity contribution in [3.05, 3.63) is 99.8 Å². The first-order valence-corrected chi connectivity index (χ1v) is 10.1. The van der Waals surface area contributed by atoms with E-state index in [4.69, 9.17) is 4.74 Å². The van der Waals surface area contributed by atoms with E-state index in [0.717, 1.165) is 11.3 Å². The van der Waals surface area contributed by atoms with E-state index >= 15 is 0 Å². The molecule has 0 atom stereocenters. The molecule has 0 radical (unpaired) electrons. The number of rotatable bonds is 5. The van der Waals surface area contributed by atoms with Gasteiger partial charge in [0.05, 0.1) is 21.4 Å². The minimum absolute atomic E-state index is 0.127. The molecule has 30 heavy (non-hydrogen) atoms. The van der Waals surface area contributed by atoms with Gasteiger partial charge in [-0.25, -0.2) is 4.39 Å². The zero-order valence-corrected chi connectivity index (χ0v) is 17.8. The van der Waals surface area contributed by atoms with Crippen molar-refractivity contribution in [2.75, 3.05) is 5.01 Å². The fourth-order valence-electron chi connectivity index (χ4n) is 3.09. The van der Waals surface area contributed by atoms with Crippen LogP contribution in [-0.4, -0.2) is 11.6 Å². The zero-order chi connectivity index (χ0) is 21.1. The van der Waals surface area contributed by atoms with Gasteiger partial charge >= 0.3 is 0 Å². The number of ether oxygens (including phenoxy) is 1. The first-order valence-electron chi connectivity index (χ1n) is 9.35. The van der Waals surface area contributed by atoms with Gasteiger partial charge in [-0.3, -0.25) is 4.79 Å². The average molecular weight is 465 g/mol. The summed E-state index contributed by atoms with van der Waals surface area (Å²) in [4.78, 5) is 12.8. The minimum atomic E-state index is -0.299. The van der Waals surface area contributed by atoms with Crippen LogP contribution < -0.4 is 9.75 Å².